The summed E-state index contributed by atoms with van der Waals surface area (Å²) in [4.78, 5) is 15.5. The highest BCUT2D eigenvalue weighted by molar-refractivity contribution is 6.20. The molecular formula is C8H11N5O. The van der Waals surface area contributed by atoms with Gasteiger partial charge in [0.1, 0.15) is 17.1 Å². The largest absolute Gasteiger partial charge is 0.355 e. The van der Waals surface area contributed by atoms with Gasteiger partial charge < -0.3 is 16.0 Å². The molecule has 0 fully saturated rings. The van der Waals surface area contributed by atoms with Crippen LogP contribution in [0.1, 0.15) is 13.8 Å². The number of rotatable bonds is 0. The number of carbonyl (C=O) groups excluding carboxylic acids is 1. The molecule has 0 atom stereocenters. The Morgan fingerprint density at radius 2 is 2.14 bits per heavy atom. The predicted octanol–water partition coefficient (Wildman–Crippen LogP) is -0.738. The second-order valence-electron chi connectivity index (χ2n) is 3.67. The maximum Gasteiger partial charge on any atom is 0.275 e. The summed E-state index contributed by atoms with van der Waals surface area (Å²) in [5.41, 5.74) is 0.285. The Labute approximate surface area is 81.0 Å². The van der Waals surface area contributed by atoms with Crippen molar-refractivity contribution in [2.75, 3.05) is 0 Å². The summed E-state index contributed by atoms with van der Waals surface area (Å²) < 4.78 is 0. The molecule has 0 bridgehead atoms. The third-order valence-electron chi connectivity index (χ3n) is 1.99. The number of nitrogens with zero attached hydrogens (tertiary/aromatic N) is 1. The smallest absolute Gasteiger partial charge is 0.275 e. The van der Waals surface area contributed by atoms with Crippen LogP contribution in [-0.4, -0.2) is 23.7 Å². The molecule has 0 saturated heterocycles. The average molecular weight is 193 g/mol. The van der Waals surface area contributed by atoms with Gasteiger partial charge in [-0.05, 0) is 13.8 Å². The summed E-state index contributed by atoms with van der Waals surface area (Å²) >= 11 is 0. The fourth-order valence-electron chi connectivity index (χ4n) is 1.34. The number of amidine groups is 1. The van der Waals surface area contributed by atoms with Crippen molar-refractivity contribution >= 4 is 18.1 Å². The van der Waals surface area contributed by atoms with Crippen LogP contribution in [0.5, 0.6) is 0 Å². The SMILES string of the molecule is CC1(C)N=CNC2=C(N1)C(=O)NC2=N. The van der Waals surface area contributed by atoms with E-state index in [1.807, 2.05) is 13.8 Å². The van der Waals surface area contributed by atoms with Crippen LogP contribution in [0.2, 0.25) is 0 Å². The molecule has 6 nitrogen and oxygen atoms in total. The molecule has 0 saturated carbocycles. The van der Waals surface area contributed by atoms with Crippen LogP contribution in [0.25, 0.3) is 0 Å². The number of amides is 1. The van der Waals surface area contributed by atoms with Crippen LogP contribution >= 0.6 is 0 Å². The second kappa shape index (κ2) is 2.57. The van der Waals surface area contributed by atoms with Crippen LogP contribution in [-0.2, 0) is 4.79 Å². The van der Waals surface area contributed by atoms with E-state index in [4.69, 9.17) is 5.41 Å². The Morgan fingerprint density at radius 1 is 1.43 bits per heavy atom. The minimum Gasteiger partial charge on any atom is -0.355 e. The van der Waals surface area contributed by atoms with Gasteiger partial charge in [0, 0.05) is 0 Å². The zero-order chi connectivity index (χ0) is 10.3. The molecule has 0 aliphatic carbocycles. The number of hydrogen-bond donors (Lipinski definition) is 4. The predicted molar refractivity (Wildman–Crippen MR) is 51.7 cm³/mol. The first-order chi connectivity index (χ1) is 6.49. The van der Waals surface area contributed by atoms with Gasteiger partial charge in [0.05, 0.1) is 6.34 Å². The molecule has 4 N–H and O–H groups in total. The highest BCUT2D eigenvalue weighted by Gasteiger charge is 2.32. The van der Waals surface area contributed by atoms with Crippen molar-refractivity contribution in [1.82, 2.24) is 16.0 Å². The van der Waals surface area contributed by atoms with Crippen molar-refractivity contribution in [2.24, 2.45) is 4.99 Å². The van der Waals surface area contributed by atoms with E-state index in [0.717, 1.165) is 0 Å². The number of carbonyl (C=O) groups is 1. The Bertz CT molecular complexity index is 379. The molecule has 74 valence electrons. The van der Waals surface area contributed by atoms with Gasteiger partial charge in [-0.15, -0.1) is 0 Å². The maximum atomic E-state index is 11.4. The van der Waals surface area contributed by atoms with Crippen LogP contribution in [0.15, 0.2) is 16.4 Å². The minimum atomic E-state index is -0.536. The van der Waals surface area contributed by atoms with Gasteiger partial charge in [-0.2, -0.15) is 0 Å². The Morgan fingerprint density at radius 3 is 2.86 bits per heavy atom. The lowest BCUT2D eigenvalue weighted by Crippen LogP contribution is -2.39. The first-order valence-corrected chi connectivity index (χ1v) is 4.22. The zero-order valence-electron chi connectivity index (χ0n) is 7.93. The molecular weight excluding hydrogens is 182 g/mol. The van der Waals surface area contributed by atoms with E-state index < -0.39 is 5.66 Å². The number of aliphatic imine (C=N–C) groups is 1. The van der Waals surface area contributed by atoms with Crippen molar-refractivity contribution in [3.8, 4) is 0 Å². The fourth-order valence-corrected chi connectivity index (χ4v) is 1.34. The fraction of sp³-hybridized carbons (Fsp3) is 0.375. The Kier molecular flexibility index (Phi) is 1.60. The lowest BCUT2D eigenvalue weighted by Gasteiger charge is -2.20. The van der Waals surface area contributed by atoms with E-state index in [1.165, 1.54) is 6.34 Å². The van der Waals surface area contributed by atoms with Crippen molar-refractivity contribution < 1.29 is 4.79 Å². The quantitative estimate of drug-likeness (QED) is 0.408. The number of hydrogen-bond acceptors (Lipinski definition) is 5. The zero-order valence-corrected chi connectivity index (χ0v) is 7.93. The Balaban J connectivity index is 2.42. The standard InChI is InChI=1S/C8H11N5O/c1-8(2)11-3-10-4-5(13-8)7(14)12-6(4)9/h3,13H,1-2H3,(H,10,11)(H2,9,12,14). The summed E-state index contributed by atoms with van der Waals surface area (Å²) in [6, 6.07) is 0. The topological polar surface area (TPSA) is 89.4 Å². The molecule has 2 aliphatic rings. The van der Waals surface area contributed by atoms with Gasteiger partial charge in [-0.3, -0.25) is 10.2 Å². The van der Waals surface area contributed by atoms with E-state index in [9.17, 15) is 4.79 Å². The molecule has 0 spiro atoms. The van der Waals surface area contributed by atoms with Gasteiger partial charge in [-0.1, -0.05) is 0 Å². The monoisotopic (exact) mass is 193 g/mol. The summed E-state index contributed by atoms with van der Waals surface area (Å²) in [5.74, 6) is -0.224. The minimum absolute atomic E-state index is 0.0710. The van der Waals surface area contributed by atoms with Gasteiger partial charge in [0.2, 0.25) is 0 Å². The first-order valence-electron chi connectivity index (χ1n) is 4.22. The van der Waals surface area contributed by atoms with Crippen molar-refractivity contribution in [2.45, 2.75) is 19.5 Å². The molecule has 0 aromatic carbocycles. The molecule has 2 rings (SSSR count). The third kappa shape index (κ3) is 1.24. The Hall–Kier alpha value is -1.85. The van der Waals surface area contributed by atoms with Crippen LogP contribution < -0.4 is 16.0 Å². The third-order valence-corrected chi connectivity index (χ3v) is 1.99. The lowest BCUT2D eigenvalue weighted by molar-refractivity contribution is -0.116. The highest BCUT2D eigenvalue weighted by Crippen LogP contribution is 2.15. The van der Waals surface area contributed by atoms with Gasteiger partial charge in [0.25, 0.3) is 5.91 Å². The summed E-state index contributed by atoms with van der Waals surface area (Å²) in [6.07, 6.45) is 1.49. The van der Waals surface area contributed by atoms with Crippen molar-refractivity contribution in [3.05, 3.63) is 11.4 Å². The number of nitrogens with one attached hydrogen (secondary N) is 4. The van der Waals surface area contributed by atoms with Crippen molar-refractivity contribution in [3.63, 3.8) is 0 Å². The molecule has 0 unspecified atom stereocenters. The van der Waals surface area contributed by atoms with Gasteiger partial charge in [0.15, 0.2) is 5.84 Å². The molecule has 2 aliphatic heterocycles. The molecule has 0 aromatic rings. The van der Waals surface area contributed by atoms with E-state index in [2.05, 4.69) is 20.9 Å². The molecule has 1 amide bonds. The first kappa shape index (κ1) is 8.74. The summed E-state index contributed by atoms with van der Waals surface area (Å²) in [7, 11) is 0. The highest BCUT2D eigenvalue weighted by atomic mass is 16.2. The van der Waals surface area contributed by atoms with Crippen LogP contribution in [0, 0.1) is 5.41 Å². The summed E-state index contributed by atoms with van der Waals surface area (Å²) in [6.45, 7) is 3.69. The molecule has 14 heavy (non-hydrogen) atoms. The van der Waals surface area contributed by atoms with Crippen molar-refractivity contribution in [1.29, 1.82) is 5.41 Å². The lowest BCUT2D eigenvalue weighted by atomic mass is 10.2. The molecule has 6 heteroatoms. The van der Waals surface area contributed by atoms with Gasteiger partial charge in [-0.25, -0.2) is 4.99 Å². The van der Waals surface area contributed by atoms with E-state index in [0.29, 0.717) is 11.4 Å². The maximum absolute atomic E-state index is 11.4. The normalized spacial score (nSPS) is 23.6. The van der Waals surface area contributed by atoms with Crippen LogP contribution in [0.3, 0.4) is 0 Å². The second-order valence-corrected chi connectivity index (χ2v) is 3.67. The average Bonchev–Trinajstić information content (AvgIpc) is 2.29. The van der Waals surface area contributed by atoms with Gasteiger partial charge >= 0.3 is 0 Å². The molecule has 2 heterocycles. The summed E-state index contributed by atoms with van der Waals surface area (Å²) in [5, 5.41) is 15.6. The van der Waals surface area contributed by atoms with E-state index in [-0.39, 0.29) is 11.7 Å². The molecule has 0 radical (unpaired) electrons. The van der Waals surface area contributed by atoms with E-state index in [1.54, 1.807) is 0 Å². The molecule has 0 aromatic heterocycles. The van der Waals surface area contributed by atoms with E-state index >= 15 is 0 Å². The van der Waals surface area contributed by atoms with Crippen LogP contribution in [0.4, 0.5) is 0 Å².